The molecule has 0 aromatic heterocycles. The Bertz CT molecular complexity index is 1060. The monoisotopic (exact) mass is 412 g/mol. The molecular weight excluding hydrogens is 395 g/mol. The van der Waals surface area contributed by atoms with Gasteiger partial charge in [0.25, 0.3) is 11.8 Å². The van der Waals surface area contributed by atoms with E-state index in [0.717, 1.165) is 5.56 Å². The first-order chi connectivity index (χ1) is 13.9. The van der Waals surface area contributed by atoms with Crippen LogP contribution in [0.5, 0.6) is 5.75 Å². The maximum absolute atomic E-state index is 13.6. The van der Waals surface area contributed by atoms with Crippen LogP contribution in [0.15, 0.2) is 66.7 Å². The molecule has 0 fully saturated rings. The molecule has 3 rings (SSSR count). The van der Waals surface area contributed by atoms with Gasteiger partial charge in [0, 0.05) is 10.7 Å². The van der Waals surface area contributed by atoms with Gasteiger partial charge in [0.05, 0.1) is 11.3 Å². The van der Waals surface area contributed by atoms with E-state index in [1.54, 1.807) is 48.5 Å². The number of para-hydroxylation sites is 2. The minimum absolute atomic E-state index is 0.0605. The lowest BCUT2D eigenvalue weighted by Gasteiger charge is -2.13. The molecule has 2 N–H and O–H groups in total. The summed E-state index contributed by atoms with van der Waals surface area (Å²) >= 11 is 5.94. The van der Waals surface area contributed by atoms with Gasteiger partial charge in [-0.15, -0.1) is 0 Å². The van der Waals surface area contributed by atoms with Gasteiger partial charge in [0.1, 0.15) is 11.6 Å². The van der Waals surface area contributed by atoms with Gasteiger partial charge in [0.15, 0.2) is 6.61 Å². The zero-order valence-corrected chi connectivity index (χ0v) is 16.3. The second kappa shape index (κ2) is 9.21. The highest BCUT2D eigenvalue weighted by Crippen LogP contribution is 2.23. The summed E-state index contributed by atoms with van der Waals surface area (Å²) in [6.07, 6.45) is 0. The Morgan fingerprint density at radius 3 is 2.45 bits per heavy atom. The number of hydrogen-bond acceptors (Lipinski definition) is 3. The Labute approximate surface area is 172 Å². The first kappa shape index (κ1) is 20.4. The van der Waals surface area contributed by atoms with Crippen LogP contribution < -0.4 is 15.4 Å². The van der Waals surface area contributed by atoms with E-state index < -0.39 is 11.7 Å². The van der Waals surface area contributed by atoms with Gasteiger partial charge < -0.3 is 15.4 Å². The second-order valence-electron chi connectivity index (χ2n) is 6.23. The lowest BCUT2D eigenvalue weighted by Crippen LogP contribution is -2.22. The molecule has 0 radical (unpaired) electrons. The van der Waals surface area contributed by atoms with E-state index in [4.69, 9.17) is 16.3 Å². The Hall–Kier alpha value is -3.38. The van der Waals surface area contributed by atoms with Gasteiger partial charge >= 0.3 is 0 Å². The zero-order valence-electron chi connectivity index (χ0n) is 15.5. The minimum atomic E-state index is -0.543. The molecule has 0 atom stereocenters. The third kappa shape index (κ3) is 5.33. The summed E-state index contributed by atoms with van der Waals surface area (Å²) in [5.41, 5.74) is 1.76. The predicted molar refractivity (Wildman–Crippen MR) is 111 cm³/mol. The Balaban J connectivity index is 1.67. The molecule has 2 amide bonds. The highest BCUT2D eigenvalue weighted by molar-refractivity contribution is 6.30. The molecular formula is C22H18ClFN2O3. The third-order valence-corrected chi connectivity index (χ3v) is 4.31. The number of hydrogen-bond donors (Lipinski definition) is 2. The highest BCUT2D eigenvalue weighted by atomic mass is 35.5. The van der Waals surface area contributed by atoms with Crippen LogP contribution >= 0.6 is 11.6 Å². The Morgan fingerprint density at radius 1 is 0.966 bits per heavy atom. The second-order valence-corrected chi connectivity index (χ2v) is 6.66. The minimum Gasteiger partial charge on any atom is -0.483 e. The number of ether oxygens (including phenoxy) is 1. The van der Waals surface area contributed by atoms with Crippen molar-refractivity contribution in [1.29, 1.82) is 0 Å². The van der Waals surface area contributed by atoms with Crippen molar-refractivity contribution < 1.29 is 18.7 Å². The van der Waals surface area contributed by atoms with Crippen LogP contribution in [-0.4, -0.2) is 18.4 Å². The number of rotatable bonds is 6. The van der Waals surface area contributed by atoms with Crippen molar-refractivity contribution >= 4 is 34.8 Å². The lowest BCUT2D eigenvalue weighted by molar-refractivity contribution is -0.118. The van der Waals surface area contributed by atoms with E-state index in [0.29, 0.717) is 10.7 Å². The van der Waals surface area contributed by atoms with Crippen molar-refractivity contribution in [3.8, 4) is 5.75 Å². The number of anilines is 2. The van der Waals surface area contributed by atoms with Gasteiger partial charge in [-0.1, -0.05) is 35.9 Å². The molecule has 0 aliphatic heterocycles. The summed E-state index contributed by atoms with van der Waals surface area (Å²) < 4.78 is 19.1. The standard InChI is InChI=1S/C22H18ClFN2O3/c1-14-12-15(23)10-11-18(14)26-22(28)16-6-2-5-9-20(16)29-13-21(27)25-19-8-4-3-7-17(19)24/h2-12H,13H2,1H3,(H,25,27)(H,26,28). The average Bonchev–Trinajstić information content (AvgIpc) is 2.70. The van der Waals surface area contributed by atoms with E-state index in [2.05, 4.69) is 10.6 Å². The molecule has 3 aromatic carbocycles. The van der Waals surface area contributed by atoms with Crippen molar-refractivity contribution in [2.75, 3.05) is 17.2 Å². The van der Waals surface area contributed by atoms with Crippen LogP contribution in [0.1, 0.15) is 15.9 Å². The molecule has 0 aliphatic rings. The van der Waals surface area contributed by atoms with E-state index in [1.807, 2.05) is 6.92 Å². The summed E-state index contributed by atoms with van der Waals surface area (Å²) in [5, 5.41) is 5.81. The van der Waals surface area contributed by atoms with Crippen LogP contribution in [0.25, 0.3) is 0 Å². The van der Waals surface area contributed by atoms with Crippen LogP contribution in [0, 0.1) is 12.7 Å². The molecule has 5 nitrogen and oxygen atoms in total. The van der Waals surface area contributed by atoms with Gasteiger partial charge in [-0.2, -0.15) is 0 Å². The smallest absolute Gasteiger partial charge is 0.262 e. The Morgan fingerprint density at radius 2 is 1.69 bits per heavy atom. The summed E-state index contributed by atoms with van der Waals surface area (Å²) in [7, 11) is 0. The summed E-state index contributed by atoms with van der Waals surface area (Å²) in [6.45, 7) is 1.45. The largest absolute Gasteiger partial charge is 0.483 e. The average molecular weight is 413 g/mol. The van der Waals surface area contributed by atoms with Crippen LogP contribution in [-0.2, 0) is 4.79 Å². The van der Waals surface area contributed by atoms with Crippen molar-refractivity contribution in [2.45, 2.75) is 6.92 Å². The number of carbonyl (C=O) groups excluding carboxylic acids is 2. The van der Waals surface area contributed by atoms with E-state index in [-0.39, 0.29) is 29.5 Å². The zero-order chi connectivity index (χ0) is 20.8. The Kier molecular flexibility index (Phi) is 6.46. The van der Waals surface area contributed by atoms with Gasteiger partial charge in [0.2, 0.25) is 0 Å². The number of nitrogens with one attached hydrogen (secondary N) is 2. The fourth-order valence-corrected chi connectivity index (χ4v) is 2.86. The number of benzene rings is 3. The summed E-state index contributed by atoms with van der Waals surface area (Å²) in [4.78, 5) is 24.7. The van der Waals surface area contributed by atoms with Crippen molar-refractivity contribution in [2.24, 2.45) is 0 Å². The highest BCUT2D eigenvalue weighted by Gasteiger charge is 2.15. The number of aryl methyl sites for hydroxylation is 1. The number of amides is 2. The molecule has 0 saturated heterocycles. The molecule has 0 spiro atoms. The van der Waals surface area contributed by atoms with E-state index >= 15 is 0 Å². The first-order valence-corrected chi connectivity index (χ1v) is 9.15. The molecule has 3 aromatic rings. The quantitative estimate of drug-likeness (QED) is 0.594. The molecule has 0 aliphatic carbocycles. The maximum Gasteiger partial charge on any atom is 0.262 e. The van der Waals surface area contributed by atoms with Gasteiger partial charge in [-0.25, -0.2) is 4.39 Å². The van der Waals surface area contributed by atoms with Crippen LogP contribution in [0.4, 0.5) is 15.8 Å². The molecule has 148 valence electrons. The van der Waals surface area contributed by atoms with Gasteiger partial charge in [-0.3, -0.25) is 9.59 Å². The van der Waals surface area contributed by atoms with Crippen molar-refractivity contribution in [1.82, 2.24) is 0 Å². The normalized spacial score (nSPS) is 10.3. The molecule has 29 heavy (non-hydrogen) atoms. The van der Waals surface area contributed by atoms with Gasteiger partial charge in [-0.05, 0) is 55.0 Å². The predicted octanol–water partition coefficient (Wildman–Crippen LogP) is 5.06. The van der Waals surface area contributed by atoms with Crippen molar-refractivity contribution in [3.63, 3.8) is 0 Å². The fraction of sp³-hybridized carbons (Fsp3) is 0.0909. The number of carbonyl (C=O) groups is 2. The van der Waals surface area contributed by atoms with Crippen molar-refractivity contribution in [3.05, 3.63) is 88.7 Å². The van der Waals surface area contributed by atoms with E-state index in [9.17, 15) is 14.0 Å². The lowest BCUT2D eigenvalue weighted by atomic mass is 10.1. The molecule has 0 unspecified atom stereocenters. The van der Waals surface area contributed by atoms with Crippen LogP contribution in [0.2, 0.25) is 5.02 Å². The molecule has 0 bridgehead atoms. The van der Waals surface area contributed by atoms with E-state index in [1.165, 1.54) is 18.2 Å². The fourth-order valence-electron chi connectivity index (χ4n) is 2.63. The summed E-state index contributed by atoms with van der Waals surface area (Å²) in [5.74, 6) is -1.24. The molecule has 0 saturated carbocycles. The SMILES string of the molecule is Cc1cc(Cl)ccc1NC(=O)c1ccccc1OCC(=O)Nc1ccccc1F. The first-order valence-electron chi connectivity index (χ1n) is 8.78. The molecule has 0 heterocycles. The number of halogens is 2. The topological polar surface area (TPSA) is 67.4 Å². The summed E-state index contributed by atoms with van der Waals surface area (Å²) in [6, 6.07) is 17.5. The molecule has 7 heteroatoms. The van der Waals surface area contributed by atoms with Crippen LogP contribution in [0.3, 0.4) is 0 Å². The third-order valence-electron chi connectivity index (χ3n) is 4.08. The maximum atomic E-state index is 13.6.